The van der Waals surface area contributed by atoms with Crippen molar-refractivity contribution >= 4 is 11.4 Å². The molecule has 0 amide bonds. The van der Waals surface area contributed by atoms with E-state index in [1.807, 2.05) is 19.1 Å². The van der Waals surface area contributed by atoms with Crippen molar-refractivity contribution in [1.82, 2.24) is 0 Å². The number of phenols is 1. The topological polar surface area (TPSA) is 32.6 Å². The van der Waals surface area contributed by atoms with E-state index in [9.17, 15) is 5.11 Å². The van der Waals surface area contributed by atoms with Crippen LogP contribution in [0.5, 0.6) is 5.75 Å². The number of hydrogen-bond acceptors (Lipinski definition) is 2. The van der Waals surface area contributed by atoms with Crippen LogP contribution in [0.3, 0.4) is 0 Å². The molecule has 1 N–H and O–H groups in total. The highest BCUT2D eigenvalue weighted by atomic mass is 16.3. The standard InChI is InChI=1S/C11H13NO/c1-7-6-9-10(12-8(7)2)4-3-5-11(9)13/h3-5,7,13H,6H2,1-2H3. The first-order chi connectivity index (χ1) is 6.18. The molecule has 0 aromatic heterocycles. The van der Waals surface area contributed by atoms with Crippen LogP contribution in [0, 0.1) is 5.92 Å². The zero-order valence-electron chi connectivity index (χ0n) is 7.91. The van der Waals surface area contributed by atoms with Gasteiger partial charge in [0.25, 0.3) is 0 Å². The first-order valence-electron chi connectivity index (χ1n) is 4.54. The lowest BCUT2D eigenvalue weighted by molar-refractivity contribution is 0.465. The molecule has 1 aromatic carbocycles. The molecular formula is C11H13NO. The minimum atomic E-state index is 0.376. The van der Waals surface area contributed by atoms with Crippen LogP contribution in [0.25, 0.3) is 0 Å². The number of rotatable bonds is 0. The van der Waals surface area contributed by atoms with Crippen LogP contribution < -0.4 is 0 Å². The highest BCUT2D eigenvalue weighted by Crippen LogP contribution is 2.34. The second-order valence-corrected chi connectivity index (χ2v) is 3.63. The van der Waals surface area contributed by atoms with E-state index in [-0.39, 0.29) is 0 Å². The van der Waals surface area contributed by atoms with Crippen LogP contribution >= 0.6 is 0 Å². The Bertz CT molecular complexity index is 368. The summed E-state index contributed by atoms with van der Waals surface area (Å²) in [7, 11) is 0. The number of benzene rings is 1. The SMILES string of the molecule is CC1=Nc2cccc(O)c2CC1C. The van der Waals surface area contributed by atoms with Crippen molar-refractivity contribution in [2.24, 2.45) is 10.9 Å². The van der Waals surface area contributed by atoms with Crippen molar-refractivity contribution < 1.29 is 5.11 Å². The van der Waals surface area contributed by atoms with Crippen LogP contribution in [0.4, 0.5) is 5.69 Å². The van der Waals surface area contributed by atoms with E-state index in [0.29, 0.717) is 11.7 Å². The maximum Gasteiger partial charge on any atom is 0.120 e. The number of aromatic hydroxyl groups is 1. The van der Waals surface area contributed by atoms with Gasteiger partial charge in [-0.2, -0.15) is 0 Å². The minimum absolute atomic E-state index is 0.376. The van der Waals surface area contributed by atoms with Crippen LogP contribution in [0.15, 0.2) is 23.2 Å². The van der Waals surface area contributed by atoms with Gasteiger partial charge in [0.2, 0.25) is 0 Å². The van der Waals surface area contributed by atoms with Crippen LogP contribution in [0.2, 0.25) is 0 Å². The van der Waals surface area contributed by atoms with Crippen molar-refractivity contribution in [3.63, 3.8) is 0 Å². The van der Waals surface area contributed by atoms with Gasteiger partial charge in [0.15, 0.2) is 0 Å². The Balaban J connectivity index is 2.56. The van der Waals surface area contributed by atoms with Crippen LogP contribution in [-0.2, 0) is 6.42 Å². The molecule has 0 saturated carbocycles. The minimum Gasteiger partial charge on any atom is -0.508 e. The molecule has 68 valence electrons. The van der Waals surface area contributed by atoms with Crippen molar-refractivity contribution in [3.8, 4) is 5.75 Å². The van der Waals surface area contributed by atoms with Gasteiger partial charge < -0.3 is 5.11 Å². The highest BCUT2D eigenvalue weighted by Gasteiger charge is 2.18. The molecule has 0 fully saturated rings. The largest absolute Gasteiger partial charge is 0.508 e. The molecule has 13 heavy (non-hydrogen) atoms. The summed E-state index contributed by atoms with van der Waals surface area (Å²) in [6.07, 6.45) is 0.900. The molecule has 0 bridgehead atoms. The predicted molar refractivity (Wildman–Crippen MR) is 53.7 cm³/mol. The Kier molecular flexibility index (Phi) is 1.83. The fourth-order valence-electron chi connectivity index (χ4n) is 1.63. The highest BCUT2D eigenvalue weighted by molar-refractivity contribution is 5.89. The van der Waals surface area contributed by atoms with Crippen molar-refractivity contribution in [1.29, 1.82) is 0 Å². The molecule has 0 aliphatic carbocycles. The summed E-state index contributed by atoms with van der Waals surface area (Å²) in [4.78, 5) is 4.44. The average Bonchev–Trinajstić information content (AvgIpc) is 2.09. The molecule has 2 nitrogen and oxygen atoms in total. The van der Waals surface area contributed by atoms with Crippen molar-refractivity contribution in [3.05, 3.63) is 23.8 Å². The summed E-state index contributed by atoms with van der Waals surface area (Å²) in [5.74, 6) is 0.821. The van der Waals surface area contributed by atoms with E-state index >= 15 is 0 Å². The molecule has 0 saturated heterocycles. The van der Waals surface area contributed by atoms with Crippen LogP contribution in [0.1, 0.15) is 19.4 Å². The maximum atomic E-state index is 9.59. The monoisotopic (exact) mass is 175 g/mol. The number of fused-ring (bicyclic) bond motifs is 1. The summed E-state index contributed by atoms with van der Waals surface area (Å²) in [6.45, 7) is 4.17. The maximum absolute atomic E-state index is 9.59. The second-order valence-electron chi connectivity index (χ2n) is 3.63. The lowest BCUT2D eigenvalue weighted by atomic mass is 9.92. The molecular weight excluding hydrogens is 162 g/mol. The lowest BCUT2D eigenvalue weighted by Crippen LogP contribution is -2.14. The van der Waals surface area contributed by atoms with Gasteiger partial charge >= 0.3 is 0 Å². The molecule has 0 spiro atoms. The van der Waals surface area contributed by atoms with E-state index < -0.39 is 0 Å². The number of nitrogens with zero attached hydrogens (tertiary/aromatic N) is 1. The third-order valence-electron chi connectivity index (χ3n) is 2.65. The number of aliphatic imine (C=N–C) groups is 1. The first kappa shape index (κ1) is 8.30. The van der Waals surface area contributed by atoms with Gasteiger partial charge in [-0.05, 0) is 31.4 Å². The Hall–Kier alpha value is -1.31. The predicted octanol–water partition coefficient (Wildman–Crippen LogP) is 2.68. The van der Waals surface area contributed by atoms with Gasteiger partial charge in [-0.15, -0.1) is 0 Å². The molecule has 1 aliphatic heterocycles. The Morgan fingerprint density at radius 3 is 3.00 bits per heavy atom. The van der Waals surface area contributed by atoms with E-state index in [2.05, 4.69) is 11.9 Å². The molecule has 0 radical (unpaired) electrons. The first-order valence-corrected chi connectivity index (χ1v) is 4.54. The third kappa shape index (κ3) is 1.32. The van der Waals surface area contributed by atoms with Gasteiger partial charge in [-0.1, -0.05) is 13.0 Å². The number of phenolic OH excluding ortho intramolecular Hbond substituents is 1. The van der Waals surface area contributed by atoms with Gasteiger partial charge in [-0.25, -0.2) is 0 Å². The zero-order valence-corrected chi connectivity index (χ0v) is 7.91. The molecule has 1 atom stereocenters. The summed E-state index contributed by atoms with van der Waals surface area (Å²) in [6, 6.07) is 5.51. The average molecular weight is 175 g/mol. The Morgan fingerprint density at radius 1 is 1.46 bits per heavy atom. The van der Waals surface area contributed by atoms with Gasteiger partial charge in [0.05, 0.1) is 5.69 Å². The lowest BCUT2D eigenvalue weighted by Gasteiger charge is -2.19. The van der Waals surface area contributed by atoms with Crippen molar-refractivity contribution in [2.75, 3.05) is 0 Å². The van der Waals surface area contributed by atoms with E-state index in [1.165, 1.54) is 0 Å². The number of hydrogen-bond donors (Lipinski definition) is 1. The van der Waals surface area contributed by atoms with Crippen molar-refractivity contribution in [2.45, 2.75) is 20.3 Å². The molecule has 1 heterocycles. The Labute approximate surface area is 77.9 Å². The normalized spacial score (nSPS) is 20.8. The molecule has 2 heteroatoms. The quantitative estimate of drug-likeness (QED) is 0.646. The zero-order chi connectivity index (χ0) is 9.42. The van der Waals surface area contributed by atoms with E-state index in [1.54, 1.807) is 6.07 Å². The summed E-state index contributed by atoms with van der Waals surface area (Å²) in [5, 5.41) is 9.59. The van der Waals surface area contributed by atoms with Gasteiger partial charge in [-0.3, -0.25) is 4.99 Å². The summed E-state index contributed by atoms with van der Waals surface area (Å²) >= 11 is 0. The summed E-state index contributed by atoms with van der Waals surface area (Å²) < 4.78 is 0. The Morgan fingerprint density at radius 2 is 2.23 bits per heavy atom. The molecule has 1 unspecified atom stereocenters. The van der Waals surface area contributed by atoms with Gasteiger partial charge in [0.1, 0.15) is 5.75 Å². The molecule has 1 aliphatic rings. The molecule has 2 rings (SSSR count). The van der Waals surface area contributed by atoms with Crippen LogP contribution in [-0.4, -0.2) is 10.8 Å². The van der Waals surface area contributed by atoms with Gasteiger partial charge in [0, 0.05) is 11.3 Å². The molecule has 1 aromatic rings. The fourth-order valence-corrected chi connectivity index (χ4v) is 1.63. The van der Waals surface area contributed by atoms with E-state index in [4.69, 9.17) is 0 Å². The van der Waals surface area contributed by atoms with E-state index in [0.717, 1.165) is 23.4 Å². The fraction of sp³-hybridized carbons (Fsp3) is 0.364. The second kappa shape index (κ2) is 2.87. The third-order valence-corrected chi connectivity index (χ3v) is 2.65. The smallest absolute Gasteiger partial charge is 0.120 e. The summed E-state index contributed by atoms with van der Waals surface area (Å²) in [5.41, 5.74) is 3.06.